The summed E-state index contributed by atoms with van der Waals surface area (Å²) in [7, 11) is 0. The van der Waals surface area contributed by atoms with Crippen molar-refractivity contribution in [1.82, 2.24) is 10.2 Å². The highest BCUT2D eigenvalue weighted by Gasteiger charge is 2.34. The molecule has 4 heterocycles. The topological polar surface area (TPSA) is 32.3 Å². The third-order valence-electron chi connectivity index (χ3n) is 3.88. The summed E-state index contributed by atoms with van der Waals surface area (Å²) < 4.78 is 1.21. The number of thioether (sulfide) groups is 1. The van der Waals surface area contributed by atoms with Crippen molar-refractivity contribution >= 4 is 29.0 Å². The molecule has 0 spiro atoms. The van der Waals surface area contributed by atoms with Crippen molar-refractivity contribution in [3.63, 3.8) is 0 Å². The number of fused-ring (bicyclic) bond motifs is 3. The van der Waals surface area contributed by atoms with Gasteiger partial charge in [0.25, 0.3) is 0 Å². The van der Waals surface area contributed by atoms with E-state index in [1.165, 1.54) is 30.1 Å². The Bertz CT molecular complexity index is 450. The molecular formula is C14H18N2OS2. The van der Waals surface area contributed by atoms with Crippen molar-refractivity contribution in [3.8, 4) is 0 Å². The van der Waals surface area contributed by atoms with Gasteiger partial charge < -0.3 is 10.2 Å². The highest BCUT2D eigenvalue weighted by molar-refractivity contribution is 8.03. The number of thiophene rings is 1. The van der Waals surface area contributed by atoms with E-state index < -0.39 is 0 Å². The molecule has 0 saturated carbocycles. The molecule has 3 aliphatic rings. The Balaban J connectivity index is 1.47. The van der Waals surface area contributed by atoms with Crippen molar-refractivity contribution in [2.24, 2.45) is 5.92 Å². The quantitative estimate of drug-likeness (QED) is 0.684. The van der Waals surface area contributed by atoms with E-state index in [4.69, 9.17) is 0 Å². The number of piperidine rings is 3. The van der Waals surface area contributed by atoms with E-state index in [1.54, 1.807) is 29.2 Å². The smallest absolute Gasteiger partial charge is 0.244 e. The standard InChI is InChI=1S/C14H18N2OS2/c17-13(5-9-19-14-2-1-8-18-14)15-12-10-16-6-3-11(12)4-7-16/h1-2,5,8-9,11-12H,3-4,6-7,10H2,(H,15,17). The summed E-state index contributed by atoms with van der Waals surface area (Å²) in [6.45, 7) is 3.45. The fourth-order valence-electron chi connectivity index (χ4n) is 2.85. The SMILES string of the molecule is O=C(C=CSc1cccs1)NC1CN2CCC1CC2. The molecule has 4 rings (SSSR count). The highest BCUT2D eigenvalue weighted by Crippen LogP contribution is 2.27. The fourth-order valence-corrected chi connectivity index (χ4v) is 4.34. The molecule has 5 heteroatoms. The minimum Gasteiger partial charge on any atom is -0.348 e. The summed E-state index contributed by atoms with van der Waals surface area (Å²) in [6.07, 6.45) is 4.12. The van der Waals surface area contributed by atoms with Gasteiger partial charge in [-0.15, -0.1) is 11.3 Å². The zero-order chi connectivity index (χ0) is 13.1. The Morgan fingerprint density at radius 3 is 2.95 bits per heavy atom. The Morgan fingerprint density at radius 2 is 2.32 bits per heavy atom. The van der Waals surface area contributed by atoms with E-state index in [1.807, 2.05) is 16.9 Å². The van der Waals surface area contributed by atoms with Crippen LogP contribution in [0.4, 0.5) is 0 Å². The van der Waals surface area contributed by atoms with Crippen LogP contribution in [0.25, 0.3) is 0 Å². The second kappa shape index (κ2) is 6.11. The van der Waals surface area contributed by atoms with Crippen molar-refractivity contribution < 1.29 is 4.79 Å². The molecule has 0 radical (unpaired) electrons. The fraction of sp³-hybridized carbons (Fsp3) is 0.500. The first-order chi connectivity index (χ1) is 9.31. The largest absolute Gasteiger partial charge is 0.348 e. The number of amides is 1. The number of carbonyl (C=O) groups excluding carboxylic acids is 1. The molecule has 1 aromatic heterocycles. The van der Waals surface area contributed by atoms with E-state index in [0.717, 1.165) is 6.54 Å². The molecule has 1 amide bonds. The zero-order valence-corrected chi connectivity index (χ0v) is 12.4. The minimum absolute atomic E-state index is 0.0443. The maximum Gasteiger partial charge on any atom is 0.244 e. The monoisotopic (exact) mass is 294 g/mol. The lowest BCUT2D eigenvalue weighted by Crippen LogP contribution is -2.57. The second-order valence-electron chi connectivity index (χ2n) is 5.11. The second-order valence-corrected chi connectivity index (χ2v) is 7.26. The summed E-state index contributed by atoms with van der Waals surface area (Å²) in [5, 5.41) is 7.08. The van der Waals surface area contributed by atoms with Gasteiger partial charge in [0.2, 0.25) is 5.91 Å². The van der Waals surface area contributed by atoms with Crippen LogP contribution in [0.3, 0.4) is 0 Å². The average molecular weight is 294 g/mol. The van der Waals surface area contributed by atoms with Gasteiger partial charge in [-0.2, -0.15) is 0 Å². The van der Waals surface area contributed by atoms with Crippen molar-refractivity contribution in [3.05, 3.63) is 29.0 Å². The van der Waals surface area contributed by atoms with Crippen molar-refractivity contribution in [1.29, 1.82) is 0 Å². The van der Waals surface area contributed by atoms with Gasteiger partial charge in [0, 0.05) is 18.7 Å². The normalized spacial score (nSPS) is 29.8. The van der Waals surface area contributed by atoms with E-state index in [0.29, 0.717) is 12.0 Å². The molecule has 3 fully saturated rings. The number of hydrogen-bond donors (Lipinski definition) is 1. The van der Waals surface area contributed by atoms with Gasteiger partial charge in [-0.1, -0.05) is 17.8 Å². The van der Waals surface area contributed by atoms with Gasteiger partial charge in [-0.3, -0.25) is 4.79 Å². The molecule has 0 aliphatic carbocycles. The predicted octanol–water partition coefficient (Wildman–Crippen LogP) is 2.56. The van der Waals surface area contributed by atoms with Crippen molar-refractivity contribution in [2.45, 2.75) is 23.1 Å². The molecule has 1 atom stereocenters. The number of nitrogens with one attached hydrogen (secondary N) is 1. The number of carbonyl (C=O) groups is 1. The van der Waals surface area contributed by atoms with Gasteiger partial charge in [0.1, 0.15) is 0 Å². The van der Waals surface area contributed by atoms with Gasteiger partial charge in [-0.05, 0) is 48.7 Å². The van der Waals surface area contributed by atoms with Crippen LogP contribution in [0.1, 0.15) is 12.8 Å². The van der Waals surface area contributed by atoms with Crippen LogP contribution in [-0.4, -0.2) is 36.5 Å². The molecule has 3 aliphatic heterocycles. The van der Waals surface area contributed by atoms with Crippen LogP contribution in [0.5, 0.6) is 0 Å². The molecule has 0 aromatic carbocycles. The lowest BCUT2D eigenvalue weighted by Gasteiger charge is -2.44. The lowest BCUT2D eigenvalue weighted by molar-refractivity contribution is -0.118. The third-order valence-corrected chi connectivity index (χ3v) is 5.76. The molecular weight excluding hydrogens is 276 g/mol. The summed E-state index contributed by atoms with van der Waals surface area (Å²) >= 11 is 3.29. The van der Waals surface area contributed by atoms with Crippen LogP contribution >= 0.6 is 23.1 Å². The van der Waals surface area contributed by atoms with Crippen molar-refractivity contribution in [2.75, 3.05) is 19.6 Å². The van der Waals surface area contributed by atoms with E-state index in [9.17, 15) is 4.79 Å². The number of rotatable bonds is 4. The summed E-state index contributed by atoms with van der Waals surface area (Å²) in [5.74, 6) is 0.732. The summed E-state index contributed by atoms with van der Waals surface area (Å²) in [5.41, 5.74) is 0. The Kier molecular flexibility index (Phi) is 4.25. The van der Waals surface area contributed by atoms with Gasteiger partial charge >= 0.3 is 0 Å². The molecule has 19 heavy (non-hydrogen) atoms. The number of nitrogens with zero attached hydrogens (tertiary/aromatic N) is 1. The van der Waals surface area contributed by atoms with Gasteiger partial charge in [0.05, 0.1) is 4.21 Å². The van der Waals surface area contributed by atoms with E-state index in [2.05, 4.69) is 16.3 Å². The predicted molar refractivity (Wildman–Crippen MR) is 80.4 cm³/mol. The lowest BCUT2D eigenvalue weighted by atomic mass is 9.84. The molecule has 1 aromatic rings. The van der Waals surface area contributed by atoms with Crippen LogP contribution in [-0.2, 0) is 4.79 Å². The first kappa shape index (κ1) is 13.2. The van der Waals surface area contributed by atoms with Crippen LogP contribution in [0.2, 0.25) is 0 Å². The third kappa shape index (κ3) is 3.41. The molecule has 3 saturated heterocycles. The zero-order valence-electron chi connectivity index (χ0n) is 10.7. The highest BCUT2D eigenvalue weighted by atomic mass is 32.2. The Hall–Kier alpha value is -0.780. The Labute approximate surface area is 122 Å². The van der Waals surface area contributed by atoms with Crippen LogP contribution in [0, 0.1) is 5.92 Å². The maximum atomic E-state index is 11.9. The first-order valence-electron chi connectivity index (χ1n) is 6.71. The molecule has 2 bridgehead atoms. The Morgan fingerprint density at radius 1 is 1.47 bits per heavy atom. The maximum absolute atomic E-state index is 11.9. The first-order valence-corrected chi connectivity index (χ1v) is 8.47. The number of hydrogen-bond acceptors (Lipinski definition) is 4. The van der Waals surface area contributed by atoms with E-state index >= 15 is 0 Å². The van der Waals surface area contributed by atoms with Crippen LogP contribution < -0.4 is 5.32 Å². The van der Waals surface area contributed by atoms with Crippen LogP contribution in [0.15, 0.2) is 33.2 Å². The average Bonchev–Trinajstić information content (AvgIpc) is 2.93. The summed E-state index contributed by atoms with van der Waals surface area (Å²) in [6, 6.07) is 4.44. The minimum atomic E-state index is 0.0443. The molecule has 1 unspecified atom stereocenters. The van der Waals surface area contributed by atoms with Gasteiger partial charge in [0.15, 0.2) is 0 Å². The molecule has 1 N–H and O–H groups in total. The van der Waals surface area contributed by atoms with E-state index in [-0.39, 0.29) is 5.91 Å². The molecule has 3 nitrogen and oxygen atoms in total. The summed E-state index contributed by atoms with van der Waals surface area (Å²) in [4.78, 5) is 14.3. The molecule has 102 valence electrons. The van der Waals surface area contributed by atoms with Gasteiger partial charge in [-0.25, -0.2) is 0 Å².